The van der Waals surface area contributed by atoms with Gasteiger partial charge in [0.15, 0.2) is 0 Å². The third-order valence-corrected chi connectivity index (χ3v) is 8.14. The van der Waals surface area contributed by atoms with Crippen LogP contribution in [0.2, 0.25) is 0 Å². The van der Waals surface area contributed by atoms with E-state index in [0.29, 0.717) is 29.9 Å². The standard InChI is InChI=1S/C24H28O3/c1-23-12-11-19-18-10-8-17(25)13-15(18)7-9-20(19)21(23)14-22(26)24(23,27)16-5-3-2-4-6-16/h2-6,8,10,13,19-22,25-27H,7,9,11-12,14H2,1H3/t19-,20-,21+,22-,23+,24+/m1/s1. The predicted octanol–water partition coefficient (Wildman–Crippen LogP) is 4.11. The maximum absolute atomic E-state index is 11.8. The van der Waals surface area contributed by atoms with Crippen LogP contribution in [0, 0.1) is 17.3 Å². The van der Waals surface area contributed by atoms with Crippen molar-refractivity contribution in [2.24, 2.45) is 17.3 Å². The monoisotopic (exact) mass is 364 g/mol. The van der Waals surface area contributed by atoms with Gasteiger partial charge in [-0.25, -0.2) is 0 Å². The van der Waals surface area contributed by atoms with Crippen molar-refractivity contribution in [2.45, 2.75) is 56.7 Å². The molecule has 3 aliphatic rings. The first kappa shape index (κ1) is 17.3. The number of aliphatic hydroxyl groups excluding tert-OH is 1. The smallest absolute Gasteiger partial charge is 0.121 e. The number of fused-ring (bicyclic) bond motifs is 5. The minimum atomic E-state index is -1.18. The average Bonchev–Trinajstić information content (AvgIpc) is 2.89. The topological polar surface area (TPSA) is 60.7 Å². The Balaban J connectivity index is 1.56. The minimum absolute atomic E-state index is 0.304. The summed E-state index contributed by atoms with van der Waals surface area (Å²) in [4.78, 5) is 0. The molecule has 6 atom stereocenters. The van der Waals surface area contributed by atoms with E-state index in [0.717, 1.165) is 31.2 Å². The van der Waals surface area contributed by atoms with Gasteiger partial charge < -0.3 is 15.3 Å². The van der Waals surface area contributed by atoms with Crippen molar-refractivity contribution in [1.82, 2.24) is 0 Å². The number of phenols is 1. The third-order valence-electron chi connectivity index (χ3n) is 8.14. The molecule has 0 unspecified atom stereocenters. The van der Waals surface area contributed by atoms with Crippen molar-refractivity contribution in [3.8, 4) is 5.75 Å². The third kappa shape index (κ3) is 2.22. The highest BCUT2D eigenvalue weighted by Crippen LogP contribution is 2.66. The molecule has 2 saturated carbocycles. The zero-order valence-corrected chi connectivity index (χ0v) is 15.8. The summed E-state index contributed by atoms with van der Waals surface area (Å²) in [5.41, 5.74) is 2.00. The summed E-state index contributed by atoms with van der Waals surface area (Å²) in [7, 11) is 0. The molecule has 2 aromatic carbocycles. The first-order valence-electron chi connectivity index (χ1n) is 10.2. The lowest BCUT2D eigenvalue weighted by Crippen LogP contribution is -2.52. The Labute approximate surface area is 160 Å². The number of aliphatic hydroxyl groups is 2. The molecular weight excluding hydrogens is 336 g/mol. The SMILES string of the molecule is C[C@]12CC[C@@H]3c4ccc(O)cc4CC[C@H]3[C@@H]1C[C@@H](O)[C@@]2(O)c1ccccc1. The maximum Gasteiger partial charge on any atom is 0.121 e. The number of hydrogen-bond acceptors (Lipinski definition) is 3. The Morgan fingerprint density at radius 1 is 1.04 bits per heavy atom. The Morgan fingerprint density at radius 3 is 2.59 bits per heavy atom. The molecule has 3 N–H and O–H groups in total. The van der Waals surface area contributed by atoms with Gasteiger partial charge in [-0.2, -0.15) is 0 Å². The van der Waals surface area contributed by atoms with E-state index in [4.69, 9.17) is 0 Å². The largest absolute Gasteiger partial charge is 0.508 e. The van der Waals surface area contributed by atoms with Crippen molar-refractivity contribution in [3.05, 3.63) is 65.2 Å². The summed E-state index contributed by atoms with van der Waals surface area (Å²) in [5, 5.41) is 32.7. The Kier molecular flexibility index (Phi) is 3.73. The van der Waals surface area contributed by atoms with Gasteiger partial charge in [-0.1, -0.05) is 43.3 Å². The fourth-order valence-corrected chi connectivity index (χ4v) is 6.80. The van der Waals surface area contributed by atoms with E-state index in [1.165, 1.54) is 11.1 Å². The van der Waals surface area contributed by atoms with Gasteiger partial charge in [-0.3, -0.25) is 0 Å². The Bertz CT molecular complexity index is 863. The quantitative estimate of drug-likeness (QED) is 0.714. The molecule has 142 valence electrons. The lowest BCUT2D eigenvalue weighted by molar-refractivity contribution is -0.148. The summed E-state index contributed by atoms with van der Waals surface area (Å²) in [6, 6.07) is 15.6. The van der Waals surface area contributed by atoms with Crippen molar-refractivity contribution < 1.29 is 15.3 Å². The first-order valence-corrected chi connectivity index (χ1v) is 10.2. The van der Waals surface area contributed by atoms with E-state index in [-0.39, 0.29) is 5.41 Å². The van der Waals surface area contributed by atoms with E-state index in [1.807, 2.05) is 36.4 Å². The van der Waals surface area contributed by atoms with Crippen LogP contribution in [0.5, 0.6) is 5.75 Å². The number of aryl methyl sites for hydroxylation is 1. The van der Waals surface area contributed by atoms with E-state index in [9.17, 15) is 15.3 Å². The van der Waals surface area contributed by atoms with Crippen molar-refractivity contribution >= 4 is 0 Å². The fraction of sp³-hybridized carbons (Fsp3) is 0.500. The molecule has 5 rings (SSSR count). The number of aromatic hydroxyl groups is 1. The molecule has 0 aliphatic heterocycles. The molecule has 2 aromatic rings. The normalized spacial score (nSPS) is 40.1. The van der Waals surface area contributed by atoms with Crippen LogP contribution in [0.1, 0.15) is 55.2 Å². The fourth-order valence-electron chi connectivity index (χ4n) is 6.80. The second-order valence-corrected chi connectivity index (χ2v) is 9.14. The van der Waals surface area contributed by atoms with Crippen LogP contribution in [0.4, 0.5) is 0 Å². The van der Waals surface area contributed by atoms with E-state index < -0.39 is 11.7 Å². The summed E-state index contributed by atoms with van der Waals surface area (Å²) in [5.74, 6) is 1.60. The zero-order valence-electron chi connectivity index (χ0n) is 15.8. The molecule has 0 aromatic heterocycles. The zero-order chi connectivity index (χ0) is 18.8. The van der Waals surface area contributed by atoms with Gasteiger partial charge in [0.1, 0.15) is 11.4 Å². The highest BCUT2D eigenvalue weighted by molar-refractivity contribution is 5.41. The average molecular weight is 364 g/mol. The molecule has 0 amide bonds. The summed E-state index contributed by atoms with van der Waals surface area (Å²) in [6.07, 6.45) is 3.90. The number of benzene rings is 2. The van der Waals surface area contributed by atoms with E-state index in [1.54, 1.807) is 6.07 Å². The Hall–Kier alpha value is -1.84. The molecular formula is C24H28O3. The second kappa shape index (κ2) is 5.83. The predicted molar refractivity (Wildman–Crippen MR) is 104 cm³/mol. The number of hydrogen-bond donors (Lipinski definition) is 3. The lowest BCUT2D eigenvalue weighted by atomic mass is 9.52. The van der Waals surface area contributed by atoms with Gasteiger partial charge in [0.2, 0.25) is 0 Å². The van der Waals surface area contributed by atoms with E-state index >= 15 is 0 Å². The molecule has 0 heterocycles. The molecule has 0 bridgehead atoms. The number of phenolic OH excluding ortho intramolecular Hbond substituents is 1. The minimum Gasteiger partial charge on any atom is -0.508 e. The van der Waals surface area contributed by atoms with Gasteiger partial charge in [0.05, 0.1) is 6.10 Å². The van der Waals surface area contributed by atoms with Crippen LogP contribution >= 0.6 is 0 Å². The van der Waals surface area contributed by atoms with Crippen LogP contribution in [-0.4, -0.2) is 21.4 Å². The van der Waals surface area contributed by atoms with Crippen molar-refractivity contribution in [2.75, 3.05) is 0 Å². The van der Waals surface area contributed by atoms with Crippen LogP contribution < -0.4 is 0 Å². The van der Waals surface area contributed by atoms with Crippen LogP contribution in [0.3, 0.4) is 0 Å². The Morgan fingerprint density at radius 2 is 1.81 bits per heavy atom. The highest BCUT2D eigenvalue weighted by Gasteiger charge is 2.66. The highest BCUT2D eigenvalue weighted by atomic mass is 16.3. The van der Waals surface area contributed by atoms with Crippen LogP contribution in [-0.2, 0) is 12.0 Å². The molecule has 3 aliphatic carbocycles. The summed E-state index contributed by atoms with van der Waals surface area (Å²) in [6.45, 7) is 2.20. The maximum atomic E-state index is 11.8. The van der Waals surface area contributed by atoms with Gasteiger partial charge >= 0.3 is 0 Å². The first-order chi connectivity index (χ1) is 12.9. The molecule has 3 nitrogen and oxygen atoms in total. The molecule has 0 saturated heterocycles. The molecule has 27 heavy (non-hydrogen) atoms. The van der Waals surface area contributed by atoms with Crippen LogP contribution in [0.15, 0.2) is 48.5 Å². The van der Waals surface area contributed by atoms with Crippen molar-refractivity contribution in [1.29, 1.82) is 0 Å². The van der Waals surface area contributed by atoms with Gasteiger partial charge in [-0.05, 0) is 78.7 Å². The number of rotatable bonds is 1. The van der Waals surface area contributed by atoms with Crippen molar-refractivity contribution in [3.63, 3.8) is 0 Å². The lowest BCUT2D eigenvalue weighted by Gasteiger charge is -2.53. The molecule has 0 radical (unpaired) electrons. The van der Waals surface area contributed by atoms with Gasteiger partial charge in [0, 0.05) is 5.41 Å². The molecule has 0 spiro atoms. The molecule has 2 fully saturated rings. The van der Waals surface area contributed by atoms with Crippen LogP contribution in [0.25, 0.3) is 0 Å². The summed E-state index contributed by atoms with van der Waals surface area (Å²) >= 11 is 0. The van der Waals surface area contributed by atoms with Gasteiger partial charge in [0.25, 0.3) is 0 Å². The molecule has 3 heteroatoms. The van der Waals surface area contributed by atoms with E-state index in [2.05, 4.69) is 13.0 Å². The summed E-state index contributed by atoms with van der Waals surface area (Å²) < 4.78 is 0. The van der Waals surface area contributed by atoms with Gasteiger partial charge in [-0.15, -0.1) is 0 Å². The second-order valence-electron chi connectivity index (χ2n) is 9.14.